The summed E-state index contributed by atoms with van der Waals surface area (Å²) in [5, 5.41) is 7.49. The molecule has 2 aromatic heterocycles. The van der Waals surface area contributed by atoms with Crippen LogP contribution in [0, 0.1) is 0 Å². The zero-order chi connectivity index (χ0) is 10.1. The van der Waals surface area contributed by atoms with Crippen LogP contribution < -0.4 is 5.73 Å². The average molecular weight is 226 g/mol. The normalized spacial score (nSPS) is 11.1. The molecule has 0 unspecified atom stereocenters. The van der Waals surface area contributed by atoms with Crippen LogP contribution in [0.25, 0.3) is 10.7 Å². The number of nitrogens with zero attached hydrogens (tertiary/aromatic N) is 3. The van der Waals surface area contributed by atoms with Gasteiger partial charge in [0.2, 0.25) is 0 Å². The van der Waals surface area contributed by atoms with Crippen LogP contribution in [-0.4, -0.2) is 14.6 Å². The quantitative estimate of drug-likeness (QED) is 0.853. The molecule has 2 rings (SSSR count). The number of anilines is 1. The molecule has 0 aromatic carbocycles. The van der Waals surface area contributed by atoms with Crippen LogP contribution in [0.15, 0.2) is 5.38 Å². The lowest BCUT2D eigenvalue weighted by Crippen LogP contribution is -1.89. The number of aromatic nitrogens is 3. The number of hydrogen-bond acceptors (Lipinski definition) is 6. The van der Waals surface area contributed by atoms with Gasteiger partial charge in [-0.25, -0.2) is 4.98 Å². The summed E-state index contributed by atoms with van der Waals surface area (Å²) in [5.41, 5.74) is 7.51. The number of nitrogen functional groups attached to an aromatic ring is 1. The lowest BCUT2D eigenvalue weighted by Gasteiger charge is -1.96. The van der Waals surface area contributed by atoms with Gasteiger partial charge in [-0.15, -0.1) is 16.4 Å². The minimum absolute atomic E-state index is 0.438. The van der Waals surface area contributed by atoms with Crippen LogP contribution >= 0.6 is 22.9 Å². The minimum atomic E-state index is 0.438. The Hall–Kier alpha value is -1.01. The highest BCUT2D eigenvalue weighted by Crippen LogP contribution is 2.30. The van der Waals surface area contributed by atoms with Crippen LogP contribution in [0.2, 0.25) is 0 Å². The van der Waals surface area contributed by atoms with Crippen LogP contribution in [0.3, 0.4) is 0 Å². The Morgan fingerprint density at radius 1 is 1.43 bits per heavy atom. The topological polar surface area (TPSA) is 64.7 Å². The monoisotopic (exact) mass is 226 g/mol. The Balaban J connectivity index is 2.39. The molecule has 4 nitrogen and oxygen atoms in total. The molecular weight excluding hydrogens is 216 g/mol. The highest BCUT2D eigenvalue weighted by molar-refractivity contribution is 7.14. The first-order chi connectivity index (χ1) is 6.68. The smallest absolute Gasteiger partial charge is 0.157 e. The van der Waals surface area contributed by atoms with Gasteiger partial charge in [0.25, 0.3) is 0 Å². The van der Waals surface area contributed by atoms with E-state index in [9.17, 15) is 0 Å². The van der Waals surface area contributed by atoms with Gasteiger partial charge in [0.1, 0.15) is 10.0 Å². The SMILES string of the molecule is CC(C)c1csc(-c2nnsc2N)n1. The third kappa shape index (κ3) is 1.62. The van der Waals surface area contributed by atoms with E-state index in [2.05, 4.69) is 28.4 Å². The van der Waals surface area contributed by atoms with E-state index in [-0.39, 0.29) is 0 Å². The van der Waals surface area contributed by atoms with E-state index in [4.69, 9.17) is 5.73 Å². The minimum Gasteiger partial charge on any atom is -0.387 e. The highest BCUT2D eigenvalue weighted by atomic mass is 32.1. The molecule has 6 heteroatoms. The van der Waals surface area contributed by atoms with Gasteiger partial charge in [-0.05, 0) is 5.92 Å². The molecule has 0 atom stereocenters. The molecule has 0 spiro atoms. The van der Waals surface area contributed by atoms with E-state index in [1.807, 2.05) is 5.38 Å². The summed E-state index contributed by atoms with van der Waals surface area (Å²) in [6.45, 7) is 4.23. The van der Waals surface area contributed by atoms with Crippen molar-refractivity contribution in [3.05, 3.63) is 11.1 Å². The van der Waals surface area contributed by atoms with Gasteiger partial charge in [0, 0.05) is 16.9 Å². The zero-order valence-corrected chi connectivity index (χ0v) is 9.52. The third-order valence-electron chi connectivity index (χ3n) is 1.83. The summed E-state index contributed by atoms with van der Waals surface area (Å²) in [4.78, 5) is 4.46. The first-order valence-electron chi connectivity index (χ1n) is 4.22. The Morgan fingerprint density at radius 3 is 2.71 bits per heavy atom. The van der Waals surface area contributed by atoms with Crippen molar-refractivity contribution in [3.8, 4) is 10.7 Å². The first kappa shape index (κ1) is 9.54. The second-order valence-electron chi connectivity index (χ2n) is 3.22. The molecule has 0 aliphatic heterocycles. The van der Waals surface area contributed by atoms with E-state index < -0.39 is 0 Å². The molecule has 0 saturated carbocycles. The van der Waals surface area contributed by atoms with Gasteiger partial charge in [-0.3, -0.25) is 0 Å². The second-order valence-corrected chi connectivity index (χ2v) is 4.86. The van der Waals surface area contributed by atoms with Crippen molar-refractivity contribution >= 4 is 27.9 Å². The van der Waals surface area contributed by atoms with Gasteiger partial charge < -0.3 is 5.73 Å². The Kier molecular flexibility index (Phi) is 2.47. The van der Waals surface area contributed by atoms with Gasteiger partial charge in [-0.2, -0.15) is 0 Å². The molecule has 2 aromatic rings. The summed E-state index contributed by atoms with van der Waals surface area (Å²) in [6.07, 6.45) is 0. The Bertz CT molecular complexity index is 432. The van der Waals surface area contributed by atoms with E-state index in [1.165, 1.54) is 11.5 Å². The zero-order valence-electron chi connectivity index (χ0n) is 7.89. The molecule has 74 valence electrons. The average Bonchev–Trinajstić information content (AvgIpc) is 2.71. The van der Waals surface area contributed by atoms with E-state index in [0.29, 0.717) is 16.6 Å². The fourth-order valence-electron chi connectivity index (χ4n) is 1.01. The summed E-state index contributed by atoms with van der Waals surface area (Å²) in [7, 11) is 0. The van der Waals surface area contributed by atoms with E-state index >= 15 is 0 Å². The van der Waals surface area contributed by atoms with Crippen molar-refractivity contribution in [1.82, 2.24) is 14.6 Å². The van der Waals surface area contributed by atoms with Crippen molar-refractivity contribution in [2.45, 2.75) is 19.8 Å². The molecular formula is C8H10N4S2. The fraction of sp³-hybridized carbons (Fsp3) is 0.375. The van der Waals surface area contributed by atoms with E-state index in [1.54, 1.807) is 11.3 Å². The maximum Gasteiger partial charge on any atom is 0.157 e. The molecule has 0 bridgehead atoms. The third-order valence-corrected chi connectivity index (χ3v) is 3.25. The van der Waals surface area contributed by atoms with Crippen LogP contribution in [-0.2, 0) is 0 Å². The lowest BCUT2D eigenvalue weighted by molar-refractivity contribution is 0.833. The number of rotatable bonds is 2. The molecule has 0 radical (unpaired) electrons. The predicted molar refractivity (Wildman–Crippen MR) is 59.5 cm³/mol. The maximum absolute atomic E-state index is 5.72. The van der Waals surface area contributed by atoms with Crippen LogP contribution in [0.5, 0.6) is 0 Å². The summed E-state index contributed by atoms with van der Waals surface area (Å²) < 4.78 is 3.79. The largest absolute Gasteiger partial charge is 0.387 e. The van der Waals surface area contributed by atoms with E-state index in [0.717, 1.165) is 10.7 Å². The van der Waals surface area contributed by atoms with Gasteiger partial charge >= 0.3 is 0 Å². The van der Waals surface area contributed by atoms with Crippen molar-refractivity contribution in [3.63, 3.8) is 0 Å². The van der Waals surface area contributed by atoms with Crippen molar-refractivity contribution < 1.29 is 0 Å². The molecule has 2 heterocycles. The molecule has 2 N–H and O–H groups in total. The molecule has 0 amide bonds. The van der Waals surface area contributed by atoms with Crippen molar-refractivity contribution in [1.29, 1.82) is 0 Å². The predicted octanol–water partition coefficient (Wildman–Crippen LogP) is 2.37. The first-order valence-corrected chi connectivity index (χ1v) is 5.87. The summed E-state index contributed by atoms with van der Waals surface area (Å²) in [5.74, 6) is 0.438. The van der Waals surface area contributed by atoms with Crippen LogP contribution in [0.1, 0.15) is 25.5 Å². The van der Waals surface area contributed by atoms with Gasteiger partial charge in [0.15, 0.2) is 5.69 Å². The lowest BCUT2D eigenvalue weighted by atomic mass is 10.2. The molecule has 0 aliphatic rings. The Morgan fingerprint density at radius 2 is 2.21 bits per heavy atom. The number of hydrogen-bond donors (Lipinski definition) is 1. The van der Waals surface area contributed by atoms with Gasteiger partial charge in [-0.1, -0.05) is 18.3 Å². The number of thiazole rings is 1. The Labute approximate surface area is 90.0 Å². The number of nitrogens with two attached hydrogens (primary N) is 1. The molecule has 0 fully saturated rings. The fourth-order valence-corrected chi connectivity index (χ4v) is 2.48. The summed E-state index contributed by atoms with van der Waals surface area (Å²) in [6, 6.07) is 0. The summed E-state index contributed by atoms with van der Waals surface area (Å²) >= 11 is 2.76. The molecule has 0 saturated heterocycles. The molecule has 0 aliphatic carbocycles. The van der Waals surface area contributed by atoms with Crippen molar-refractivity contribution in [2.24, 2.45) is 0 Å². The second kappa shape index (κ2) is 3.62. The highest BCUT2D eigenvalue weighted by Gasteiger charge is 2.12. The maximum atomic E-state index is 5.72. The van der Waals surface area contributed by atoms with Crippen LogP contribution in [0.4, 0.5) is 5.00 Å². The standard InChI is InChI=1S/C8H10N4S2/c1-4(2)5-3-13-8(10-5)6-7(9)14-12-11-6/h3-4H,9H2,1-2H3. The van der Waals surface area contributed by atoms with Crippen molar-refractivity contribution in [2.75, 3.05) is 5.73 Å². The molecule has 14 heavy (non-hydrogen) atoms. The van der Waals surface area contributed by atoms with Gasteiger partial charge in [0.05, 0.1) is 5.69 Å².